The van der Waals surface area contributed by atoms with Crippen LogP contribution in [0.4, 0.5) is 0 Å². The van der Waals surface area contributed by atoms with Gasteiger partial charge in [-0.15, -0.1) is 0 Å². The summed E-state index contributed by atoms with van der Waals surface area (Å²) in [7, 11) is 3.26. The molecular weight excluding hydrogens is 258 g/mol. The van der Waals surface area contributed by atoms with E-state index in [9.17, 15) is 0 Å². The zero-order valence-corrected chi connectivity index (χ0v) is 10.4. The van der Waals surface area contributed by atoms with Crippen LogP contribution in [-0.4, -0.2) is 20.8 Å². The van der Waals surface area contributed by atoms with Crippen LogP contribution in [0.15, 0.2) is 22.7 Å². The summed E-state index contributed by atoms with van der Waals surface area (Å²) in [6.07, 6.45) is 3.78. The summed E-state index contributed by atoms with van der Waals surface area (Å²) in [4.78, 5) is 0. The maximum atomic E-state index is 5.40. The van der Waals surface area contributed by atoms with Gasteiger partial charge in [0.05, 0.1) is 18.7 Å². The fourth-order valence-corrected chi connectivity index (χ4v) is 1.69. The Labute approximate surface area is 98.0 Å². The highest BCUT2D eigenvalue weighted by atomic mass is 79.9. The molecular formula is C11H14BrNO2. The van der Waals surface area contributed by atoms with Gasteiger partial charge in [-0.05, 0) is 28.1 Å². The van der Waals surface area contributed by atoms with Crippen molar-refractivity contribution in [3.05, 3.63) is 28.2 Å². The lowest BCUT2D eigenvalue weighted by atomic mass is 10.1. The van der Waals surface area contributed by atoms with E-state index in [1.54, 1.807) is 14.2 Å². The van der Waals surface area contributed by atoms with Crippen molar-refractivity contribution in [2.45, 2.75) is 0 Å². The second-order valence-corrected chi connectivity index (χ2v) is 3.72. The SMILES string of the molecule is COc1cc(/C=C/CN)c(OC)cc1Br. The van der Waals surface area contributed by atoms with Gasteiger partial charge in [-0.25, -0.2) is 0 Å². The van der Waals surface area contributed by atoms with Crippen LogP contribution in [0, 0.1) is 0 Å². The van der Waals surface area contributed by atoms with E-state index in [4.69, 9.17) is 15.2 Å². The lowest BCUT2D eigenvalue weighted by Gasteiger charge is -2.09. The topological polar surface area (TPSA) is 44.5 Å². The molecule has 0 bridgehead atoms. The summed E-state index contributed by atoms with van der Waals surface area (Å²) in [5.74, 6) is 1.56. The molecule has 3 nitrogen and oxygen atoms in total. The third kappa shape index (κ3) is 2.97. The van der Waals surface area contributed by atoms with Gasteiger partial charge in [0.2, 0.25) is 0 Å². The molecule has 0 atom stereocenters. The molecule has 0 unspecified atom stereocenters. The van der Waals surface area contributed by atoms with E-state index in [2.05, 4.69) is 15.9 Å². The monoisotopic (exact) mass is 271 g/mol. The summed E-state index contributed by atoms with van der Waals surface area (Å²) in [5.41, 5.74) is 6.35. The Kier molecular flexibility index (Phi) is 4.65. The van der Waals surface area contributed by atoms with Crippen LogP contribution in [0.25, 0.3) is 6.08 Å². The number of rotatable bonds is 4. The number of hydrogen-bond acceptors (Lipinski definition) is 3. The molecule has 1 aromatic carbocycles. The van der Waals surface area contributed by atoms with E-state index in [-0.39, 0.29) is 0 Å². The van der Waals surface area contributed by atoms with Crippen LogP contribution in [0.5, 0.6) is 11.5 Å². The third-order valence-electron chi connectivity index (χ3n) is 1.94. The highest BCUT2D eigenvalue weighted by Crippen LogP contribution is 2.33. The normalized spacial score (nSPS) is 10.7. The number of hydrogen-bond donors (Lipinski definition) is 1. The predicted octanol–water partition coefficient (Wildman–Crippen LogP) is 2.44. The molecule has 0 saturated heterocycles. The van der Waals surface area contributed by atoms with Crippen molar-refractivity contribution < 1.29 is 9.47 Å². The lowest BCUT2D eigenvalue weighted by Crippen LogP contribution is -1.94. The van der Waals surface area contributed by atoms with Gasteiger partial charge in [-0.3, -0.25) is 0 Å². The molecule has 2 N–H and O–H groups in total. The molecule has 0 amide bonds. The van der Waals surface area contributed by atoms with E-state index in [0.29, 0.717) is 6.54 Å². The van der Waals surface area contributed by atoms with Crippen molar-refractivity contribution in [3.8, 4) is 11.5 Å². The van der Waals surface area contributed by atoms with Crippen LogP contribution in [0.1, 0.15) is 5.56 Å². The van der Waals surface area contributed by atoms with Crippen LogP contribution in [0.2, 0.25) is 0 Å². The fourth-order valence-electron chi connectivity index (χ4n) is 1.21. The molecule has 0 heterocycles. The molecule has 82 valence electrons. The maximum Gasteiger partial charge on any atom is 0.133 e. The molecule has 1 aromatic rings. The number of benzene rings is 1. The minimum atomic E-state index is 0.502. The first-order valence-electron chi connectivity index (χ1n) is 4.51. The molecule has 0 aromatic heterocycles. The Morgan fingerprint density at radius 1 is 1.27 bits per heavy atom. The second-order valence-electron chi connectivity index (χ2n) is 2.87. The van der Waals surface area contributed by atoms with E-state index in [1.807, 2.05) is 24.3 Å². The van der Waals surface area contributed by atoms with Crippen molar-refractivity contribution >= 4 is 22.0 Å². The molecule has 15 heavy (non-hydrogen) atoms. The first kappa shape index (κ1) is 12.1. The van der Waals surface area contributed by atoms with Crippen molar-refractivity contribution in [3.63, 3.8) is 0 Å². The van der Waals surface area contributed by atoms with Gasteiger partial charge in [0.1, 0.15) is 11.5 Å². The fraction of sp³-hybridized carbons (Fsp3) is 0.273. The van der Waals surface area contributed by atoms with Gasteiger partial charge in [-0.2, -0.15) is 0 Å². The van der Waals surface area contributed by atoms with E-state index in [0.717, 1.165) is 21.5 Å². The first-order chi connectivity index (χ1) is 7.22. The second kappa shape index (κ2) is 5.78. The van der Waals surface area contributed by atoms with Gasteiger partial charge in [-0.1, -0.05) is 12.2 Å². The molecule has 0 saturated carbocycles. The van der Waals surface area contributed by atoms with Gasteiger partial charge in [0.15, 0.2) is 0 Å². The highest BCUT2D eigenvalue weighted by molar-refractivity contribution is 9.10. The van der Waals surface area contributed by atoms with Crippen LogP contribution < -0.4 is 15.2 Å². The summed E-state index contributed by atoms with van der Waals surface area (Å²) in [5, 5.41) is 0. The molecule has 1 rings (SSSR count). The average molecular weight is 272 g/mol. The highest BCUT2D eigenvalue weighted by Gasteiger charge is 2.06. The summed E-state index contributed by atoms with van der Waals surface area (Å²) in [6, 6.07) is 3.77. The average Bonchev–Trinajstić information content (AvgIpc) is 2.26. The molecule has 0 fully saturated rings. The molecule has 0 aliphatic carbocycles. The van der Waals surface area contributed by atoms with Gasteiger partial charge in [0.25, 0.3) is 0 Å². The minimum Gasteiger partial charge on any atom is -0.496 e. The number of nitrogens with two attached hydrogens (primary N) is 1. The zero-order chi connectivity index (χ0) is 11.3. The Morgan fingerprint density at radius 2 is 1.93 bits per heavy atom. The van der Waals surface area contributed by atoms with E-state index in [1.165, 1.54) is 0 Å². The first-order valence-corrected chi connectivity index (χ1v) is 5.30. The van der Waals surface area contributed by atoms with Gasteiger partial charge in [0, 0.05) is 12.1 Å². The van der Waals surface area contributed by atoms with E-state index < -0.39 is 0 Å². The molecule has 0 aliphatic rings. The Bertz CT molecular complexity index is 364. The smallest absolute Gasteiger partial charge is 0.133 e. The summed E-state index contributed by atoms with van der Waals surface area (Å²) in [6.45, 7) is 0.502. The van der Waals surface area contributed by atoms with Gasteiger partial charge < -0.3 is 15.2 Å². The summed E-state index contributed by atoms with van der Waals surface area (Å²) < 4.78 is 11.3. The largest absolute Gasteiger partial charge is 0.496 e. The third-order valence-corrected chi connectivity index (χ3v) is 2.56. The predicted molar refractivity (Wildman–Crippen MR) is 65.3 cm³/mol. The van der Waals surface area contributed by atoms with E-state index >= 15 is 0 Å². The zero-order valence-electron chi connectivity index (χ0n) is 8.79. The van der Waals surface area contributed by atoms with Crippen LogP contribution in [0.3, 0.4) is 0 Å². The van der Waals surface area contributed by atoms with Crippen LogP contribution >= 0.6 is 15.9 Å². The van der Waals surface area contributed by atoms with Gasteiger partial charge >= 0.3 is 0 Å². The maximum absolute atomic E-state index is 5.40. The van der Waals surface area contributed by atoms with Crippen molar-refractivity contribution in [2.24, 2.45) is 5.73 Å². The molecule has 4 heteroatoms. The molecule has 0 aliphatic heterocycles. The van der Waals surface area contributed by atoms with Crippen molar-refractivity contribution in [1.29, 1.82) is 0 Å². The Balaban J connectivity index is 3.16. The molecule has 0 spiro atoms. The van der Waals surface area contributed by atoms with Crippen LogP contribution in [-0.2, 0) is 0 Å². The lowest BCUT2D eigenvalue weighted by molar-refractivity contribution is 0.400. The summed E-state index contributed by atoms with van der Waals surface area (Å²) >= 11 is 3.40. The Hall–Kier alpha value is -1.00. The van der Waals surface area contributed by atoms with Crippen molar-refractivity contribution in [1.82, 2.24) is 0 Å². The minimum absolute atomic E-state index is 0.502. The standard InChI is InChI=1S/C11H14BrNO2/c1-14-10-7-9(12)11(15-2)6-8(10)4-3-5-13/h3-4,6-7H,5,13H2,1-2H3/b4-3+. The number of methoxy groups -OCH3 is 2. The number of ether oxygens (including phenoxy) is 2. The quantitative estimate of drug-likeness (QED) is 0.915. The number of halogens is 1. The Morgan fingerprint density at radius 3 is 2.47 bits per heavy atom. The molecule has 0 radical (unpaired) electrons. The van der Waals surface area contributed by atoms with Crippen molar-refractivity contribution in [2.75, 3.05) is 20.8 Å².